The van der Waals surface area contributed by atoms with Gasteiger partial charge in [0.05, 0.1) is 34.2 Å². The van der Waals surface area contributed by atoms with Gasteiger partial charge in [-0.25, -0.2) is 9.98 Å². The van der Waals surface area contributed by atoms with Crippen molar-refractivity contribution >= 4 is 44.3 Å². The Morgan fingerprint density at radius 1 is 0.312 bits per heavy atom. The van der Waals surface area contributed by atoms with Crippen LogP contribution in [0.2, 0.25) is 0 Å². The van der Waals surface area contributed by atoms with Crippen LogP contribution in [-0.2, 0) is 0 Å². The minimum atomic E-state index is 0.879. The van der Waals surface area contributed by atoms with Crippen molar-refractivity contribution in [3.8, 4) is 22.5 Å². The van der Waals surface area contributed by atoms with Gasteiger partial charge in [0.15, 0.2) is 0 Å². The fraction of sp³-hybridized carbons (Fsp3) is 0. The first-order valence-corrected chi connectivity index (χ1v) is 16.0. The normalized spacial score (nSPS) is 12.4. The highest BCUT2D eigenvalue weighted by Gasteiger charge is 2.22. The number of hydrogen-bond acceptors (Lipinski definition) is 4. The quantitative estimate of drug-likeness (QED) is 0.199. The number of rotatable bonds is 4. The van der Waals surface area contributed by atoms with Gasteiger partial charge >= 0.3 is 0 Å². The van der Waals surface area contributed by atoms with E-state index in [4.69, 9.17) is 9.98 Å². The number of fused-ring (bicyclic) bond motifs is 4. The van der Waals surface area contributed by atoms with Crippen LogP contribution in [0.3, 0.4) is 0 Å². The van der Waals surface area contributed by atoms with E-state index >= 15 is 0 Å². The van der Waals surface area contributed by atoms with Crippen LogP contribution in [0.1, 0.15) is 22.3 Å². The fourth-order valence-corrected chi connectivity index (χ4v) is 6.49. The molecule has 0 unspecified atom stereocenters. The zero-order valence-corrected chi connectivity index (χ0v) is 26.0. The van der Waals surface area contributed by atoms with E-state index in [1.54, 1.807) is 0 Å². The lowest BCUT2D eigenvalue weighted by atomic mass is 9.92. The van der Waals surface area contributed by atoms with Crippen molar-refractivity contribution in [3.63, 3.8) is 0 Å². The van der Waals surface area contributed by atoms with E-state index in [2.05, 4.69) is 131 Å². The van der Waals surface area contributed by atoms with Crippen molar-refractivity contribution in [2.24, 2.45) is 9.98 Å². The Hall–Kier alpha value is -6.52. The Morgan fingerprint density at radius 3 is 1.04 bits per heavy atom. The summed E-state index contributed by atoms with van der Waals surface area (Å²) < 4.78 is 0. The van der Waals surface area contributed by atoms with Crippen molar-refractivity contribution in [1.82, 2.24) is 9.97 Å². The molecule has 0 fully saturated rings. The second-order valence-corrected chi connectivity index (χ2v) is 11.9. The second-order valence-electron chi connectivity index (χ2n) is 11.9. The summed E-state index contributed by atoms with van der Waals surface area (Å²) in [6, 6.07) is 54.8. The molecule has 0 saturated heterocycles. The van der Waals surface area contributed by atoms with E-state index in [0.717, 1.165) is 89.1 Å². The molecular formula is C44H28N4. The van der Waals surface area contributed by atoms with E-state index in [0.29, 0.717) is 0 Å². The summed E-state index contributed by atoms with van der Waals surface area (Å²) in [5.74, 6) is 0. The van der Waals surface area contributed by atoms with Crippen LogP contribution in [-0.4, -0.2) is 21.4 Å². The summed E-state index contributed by atoms with van der Waals surface area (Å²) in [6.45, 7) is 0. The van der Waals surface area contributed by atoms with Gasteiger partial charge in [0.25, 0.3) is 0 Å². The van der Waals surface area contributed by atoms with Crippen LogP contribution in [0, 0.1) is 0 Å². The van der Waals surface area contributed by atoms with Gasteiger partial charge in [-0.05, 0) is 70.1 Å². The molecule has 0 bridgehead atoms. The smallest absolute Gasteiger partial charge is 0.0803 e. The molecule has 0 spiro atoms. The molecule has 9 rings (SSSR count). The van der Waals surface area contributed by atoms with Gasteiger partial charge in [0.1, 0.15) is 0 Å². The standard InChI is InChI=1S/C44H28N4/c1-3-11-35-27-41-37(25-33(35)9-1)43(31-19-15-29(16-20-31)39-13-5-7-23-45-39)48-42-28-36-12-4-2-10-34(36)26-38(42)44(47-41)32-21-17-30(18-22-32)40-14-6-8-24-46-40/h1-28H. The molecule has 0 N–H and O–H groups in total. The maximum Gasteiger partial charge on any atom is 0.0803 e. The number of nitrogens with zero attached hydrogens (tertiary/aromatic N) is 4. The van der Waals surface area contributed by atoms with Gasteiger partial charge in [0, 0.05) is 45.8 Å². The molecule has 0 saturated carbocycles. The molecule has 2 aromatic heterocycles. The Bertz CT molecular complexity index is 2340. The van der Waals surface area contributed by atoms with Gasteiger partial charge in [-0.15, -0.1) is 0 Å². The average molecular weight is 613 g/mol. The molecule has 0 radical (unpaired) electrons. The van der Waals surface area contributed by atoms with E-state index in [1.165, 1.54) is 0 Å². The Balaban J connectivity index is 1.29. The minimum Gasteiger partial charge on any atom is -0.256 e. The van der Waals surface area contributed by atoms with Crippen molar-refractivity contribution in [2.75, 3.05) is 0 Å². The van der Waals surface area contributed by atoms with E-state index in [1.807, 2.05) is 48.8 Å². The topological polar surface area (TPSA) is 50.5 Å². The molecule has 0 amide bonds. The third-order valence-corrected chi connectivity index (χ3v) is 8.94. The Kier molecular flexibility index (Phi) is 6.76. The zero-order valence-electron chi connectivity index (χ0n) is 26.0. The number of aromatic nitrogens is 2. The first-order chi connectivity index (χ1) is 23.8. The van der Waals surface area contributed by atoms with Crippen LogP contribution in [0.5, 0.6) is 0 Å². The van der Waals surface area contributed by atoms with Crippen LogP contribution in [0.4, 0.5) is 11.4 Å². The highest BCUT2D eigenvalue weighted by Crippen LogP contribution is 2.38. The molecular weight excluding hydrogens is 585 g/mol. The van der Waals surface area contributed by atoms with Gasteiger partial charge in [-0.3, -0.25) is 9.97 Å². The van der Waals surface area contributed by atoms with E-state index in [-0.39, 0.29) is 0 Å². The predicted molar refractivity (Wildman–Crippen MR) is 198 cm³/mol. The SMILES string of the molecule is c1ccc(-c2ccc(C3=Nc4cc5ccccc5cc4C(c4ccc(-c5ccccn5)cc4)=Nc4cc5ccccc5cc43)cc2)nc1. The Labute approximate surface area is 278 Å². The maximum absolute atomic E-state index is 5.52. The number of pyridine rings is 2. The lowest BCUT2D eigenvalue weighted by Crippen LogP contribution is -2.10. The van der Waals surface area contributed by atoms with Crippen molar-refractivity contribution in [3.05, 3.63) is 192 Å². The molecule has 0 atom stereocenters. The van der Waals surface area contributed by atoms with Gasteiger partial charge < -0.3 is 0 Å². The molecule has 8 aromatic rings. The lowest BCUT2D eigenvalue weighted by Gasteiger charge is -2.20. The lowest BCUT2D eigenvalue weighted by molar-refractivity contribution is 1.32. The summed E-state index contributed by atoms with van der Waals surface area (Å²) in [4.78, 5) is 20.2. The van der Waals surface area contributed by atoms with Crippen LogP contribution >= 0.6 is 0 Å². The molecule has 224 valence electrons. The van der Waals surface area contributed by atoms with Crippen LogP contribution in [0.15, 0.2) is 180 Å². The molecule has 4 heteroatoms. The highest BCUT2D eigenvalue weighted by molar-refractivity contribution is 6.24. The molecule has 1 aliphatic heterocycles. The third kappa shape index (κ3) is 5.06. The first kappa shape index (κ1) is 27.8. The minimum absolute atomic E-state index is 0.879. The summed E-state index contributed by atoms with van der Waals surface area (Å²) in [7, 11) is 0. The van der Waals surface area contributed by atoms with Crippen molar-refractivity contribution < 1.29 is 0 Å². The van der Waals surface area contributed by atoms with E-state index < -0.39 is 0 Å². The van der Waals surface area contributed by atoms with Crippen molar-refractivity contribution in [2.45, 2.75) is 0 Å². The molecule has 1 aliphatic rings. The largest absolute Gasteiger partial charge is 0.256 e. The molecule has 0 aliphatic carbocycles. The highest BCUT2D eigenvalue weighted by atomic mass is 14.8. The average Bonchev–Trinajstić information content (AvgIpc) is 3.16. The third-order valence-electron chi connectivity index (χ3n) is 8.94. The summed E-state index contributed by atoms with van der Waals surface area (Å²) >= 11 is 0. The number of hydrogen-bond donors (Lipinski definition) is 0. The molecule has 4 nitrogen and oxygen atoms in total. The zero-order chi connectivity index (χ0) is 31.9. The number of aliphatic imine (C=N–C) groups is 2. The second kappa shape index (κ2) is 11.7. The van der Waals surface area contributed by atoms with E-state index in [9.17, 15) is 0 Å². The van der Waals surface area contributed by atoms with Gasteiger partial charge in [0.2, 0.25) is 0 Å². The predicted octanol–water partition coefficient (Wildman–Crippen LogP) is 10.8. The summed E-state index contributed by atoms with van der Waals surface area (Å²) in [5.41, 5.74) is 11.5. The summed E-state index contributed by atoms with van der Waals surface area (Å²) in [6.07, 6.45) is 3.65. The Morgan fingerprint density at radius 2 is 0.667 bits per heavy atom. The summed E-state index contributed by atoms with van der Waals surface area (Å²) in [5, 5.41) is 4.55. The molecule has 6 aromatic carbocycles. The van der Waals surface area contributed by atoms with Crippen LogP contribution < -0.4 is 0 Å². The van der Waals surface area contributed by atoms with Crippen molar-refractivity contribution in [1.29, 1.82) is 0 Å². The number of benzene rings is 6. The van der Waals surface area contributed by atoms with Gasteiger partial charge in [-0.2, -0.15) is 0 Å². The van der Waals surface area contributed by atoms with Gasteiger partial charge in [-0.1, -0.05) is 109 Å². The van der Waals surface area contributed by atoms with Crippen LogP contribution in [0.25, 0.3) is 44.1 Å². The molecule has 3 heterocycles. The fourth-order valence-electron chi connectivity index (χ4n) is 6.49. The first-order valence-electron chi connectivity index (χ1n) is 16.0. The maximum atomic E-state index is 5.52. The monoisotopic (exact) mass is 612 g/mol. The molecule has 48 heavy (non-hydrogen) atoms.